The number of halogens is 3. The van der Waals surface area contributed by atoms with E-state index in [1.54, 1.807) is 12.1 Å². The molecule has 0 saturated heterocycles. The molecule has 6 nitrogen and oxygen atoms in total. The highest BCUT2D eigenvalue weighted by Crippen LogP contribution is 2.27. The number of benzene rings is 1. The van der Waals surface area contributed by atoms with E-state index in [9.17, 15) is 27.6 Å². The second-order valence-electron chi connectivity index (χ2n) is 5.12. The molecule has 0 N–H and O–H groups in total. The first-order chi connectivity index (χ1) is 12.3. The van der Waals surface area contributed by atoms with Gasteiger partial charge in [-0.25, -0.2) is 9.78 Å². The second-order valence-corrected chi connectivity index (χ2v) is 6.11. The molecule has 0 fully saturated rings. The van der Waals surface area contributed by atoms with Gasteiger partial charge in [0.2, 0.25) is 0 Å². The van der Waals surface area contributed by atoms with Crippen molar-refractivity contribution < 1.29 is 32.4 Å². The van der Waals surface area contributed by atoms with E-state index in [2.05, 4.69) is 4.98 Å². The van der Waals surface area contributed by atoms with Crippen LogP contribution in [-0.4, -0.2) is 39.8 Å². The lowest BCUT2D eigenvalue weighted by atomic mass is 10.1. The lowest BCUT2D eigenvalue weighted by Gasteiger charge is -2.13. The number of carbonyl (C=O) groups is 3. The van der Waals surface area contributed by atoms with E-state index in [1.165, 1.54) is 18.2 Å². The van der Waals surface area contributed by atoms with E-state index in [1.807, 2.05) is 0 Å². The number of hydroxylamine groups is 2. The van der Waals surface area contributed by atoms with Gasteiger partial charge in [0.25, 0.3) is 11.8 Å². The maximum atomic E-state index is 12.3. The number of fused-ring (bicyclic) bond motifs is 1. The van der Waals surface area contributed by atoms with E-state index in [-0.39, 0.29) is 21.7 Å². The molecule has 2 amide bonds. The van der Waals surface area contributed by atoms with Crippen molar-refractivity contribution >= 4 is 29.5 Å². The zero-order valence-corrected chi connectivity index (χ0v) is 13.6. The van der Waals surface area contributed by atoms with Gasteiger partial charge in [-0.05, 0) is 24.3 Å². The van der Waals surface area contributed by atoms with Crippen molar-refractivity contribution in [3.8, 4) is 0 Å². The quantitative estimate of drug-likeness (QED) is 0.597. The van der Waals surface area contributed by atoms with Crippen LogP contribution in [0.3, 0.4) is 0 Å². The zero-order valence-electron chi connectivity index (χ0n) is 12.8. The molecule has 0 radical (unpaired) electrons. The lowest BCUT2D eigenvalue weighted by Crippen LogP contribution is -2.32. The van der Waals surface area contributed by atoms with E-state index < -0.39 is 29.7 Å². The van der Waals surface area contributed by atoms with Crippen LogP contribution in [0.15, 0.2) is 47.6 Å². The second kappa shape index (κ2) is 6.79. The molecule has 1 aliphatic heterocycles. The normalized spacial score (nSPS) is 13.7. The first-order valence-electron chi connectivity index (χ1n) is 7.12. The molecule has 0 bridgehead atoms. The van der Waals surface area contributed by atoms with Gasteiger partial charge in [0.15, 0.2) is 0 Å². The minimum atomic E-state index is -4.39. The van der Waals surface area contributed by atoms with Crippen molar-refractivity contribution in [1.29, 1.82) is 0 Å². The lowest BCUT2D eigenvalue weighted by molar-refractivity contribution is -0.105. The van der Waals surface area contributed by atoms with Crippen molar-refractivity contribution in [2.75, 3.05) is 5.75 Å². The third-order valence-corrected chi connectivity index (χ3v) is 4.28. The molecule has 134 valence electrons. The van der Waals surface area contributed by atoms with Crippen molar-refractivity contribution in [3.05, 3.63) is 59.3 Å². The Balaban J connectivity index is 1.73. The fourth-order valence-corrected chi connectivity index (χ4v) is 2.81. The monoisotopic (exact) mass is 382 g/mol. The Hall–Kier alpha value is -2.88. The predicted octanol–water partition coefficient (Wildman–Crippen LogP) is 3.10. The summed E-state index contributed by atoms with van der Waals surface area (Å²) in [4.78, 5) is 45.0. The maximum absolute atomic E-state index is 12.3. The van der Waals surface area contributed by atoms with Crippen LogP contribution in [0.5, 0.6) is 0 Å². The summed E-state index contributed by atoms with van der Waals surface area (Å²) in [5, 5.41) is 0.287. The molecule has 0 spiro atoms. The largest absolute Gasteiger partial charge is 0.398 e. The number of thioether (sulfide) groups is 1. The Morgan fingerprint density at radius 1 is 1.12 bits per heavy atom. The van der Waals surface area contributed by atoms with Crippen molar-refractivity contribution in [1.82, 2.24) is 10.0 Å². The molecule has 1 aliphatic rings. The van der Waals surface area contributed by atoms with Gasteiger partial charge in [-0.2, -0.15) is 13.2 Å². The first kappa shape index (κ1) is 17.9. The van der Waals surface area contributed by atoms with Gasteiger partial charge < -0.3 is 4.84 Å². The number of nitrogens with zero attached hydrogens (tertiary/aromatic N) is 2. The van der Waals surface area contributed by atoms with E-state index in [4.69, 9.17) is 4.84 Å². The Bertz CT molecular complexity index is 866. The number of aromatic nitrogens is 1. The van der Waals surface area contributed by atoms with E-state index >= 15 is 0 Å². The van der Waals surface area contributed by atoms with Crippen LogP contribution in [-0.2, 0) is 4.84 Å². The number of carbonyl (C=O) groups excluding carboxylic acids is 3. The highest BCUT2D eigenvalue weighted by molar-refractivity contribution is 7.99. The number of pyridine rings is 1. The van der Waals surface area contributed by atoms with Crippen LogP contribution in [0.2, 0.25) is 0 Å². The summed E-state index contributed by atoms with van der Waals surface area (Å²) in [6.07, 6.45) is -3.25. The molecule has 0 saturated carbocycles. The Kier molecular flexibility index (Phi) is 4.68. The van der Waals surface area contributed by atoms with Gasteiger partial charge in [-0.1, -0.05) is 29.0 Å². The molecule has 1 aromatic heterocycles. The third kappa shape index (κ3) is 3.69. The number of amides is 2. The fourth-order valence-electron chi connectivity index (χ4n) is 2.16. The average molecular weight is 382 g/mol. The number of imide groups is 1. The predicted molar refractivity (Wildman–Crippen MR) is 83.4 cm³/mol. The minimum Gasteiger partial charge on any atom is -0.324 e. The minimum absolute atomic E-state index is 0.0425. The standard InChI is InChI=1S/C16H9F3N2O4S/c17-16(18,19)8-26-12-7-9(5-6-20-12)15(24)25-21-13(22)10-3-1-2-4-11(10)14(21)23/h1-7H,8H2. The van der Waals surface area contributed by atoms with E-state index in [0.717, 1.165) is 12.3 Å². The molecular weight excluding hydrogens is 373 g/mol. The van der Waals surface area contributed by atoms with Crippen LogP contribution in [0, 0.1) is 0 Å². The SMILES string of the molecule is O=C(ON1C(=O)c2ccccc2C1=O)c1ccnc(SCC(F)(F)F)c1. The summed E-state index contributed by atoms with van der Waals surface area (Å²) in [5.41, 5.74) is 0.0594. The molecule has 2 aromatic rings. The molecule has 26 heavy (non-hydrogen) atoms. The van der Waals surface area contributed by atoms with Crippen LogP contribution >= 0.6 is 11.8 Å². The van der Waals surface area contributed by atoms with Crippen LogP contribution < -0.4 is 0 Å². The smallest absolute Gasteiger partial charge is 0.324 e. The maximum Gasteiger partial charge on any atom is 0.398 e. The van der Waals surface area contributed by atoms with Crippen LogP contribution in [0.25, 0.3) is 0 Å². The highest BCUT2D eigenvalue weighted by Gasteiger charge is 2.38. The summed E-state index contributed by atoms with van der Waals surface area (Å²) >= 11 is 0.401. The zero-order chi connectivity index (χ0) is 18.9. The highest BCUT2D eigenvalue weighted by atomic mass is 32.2. The molecular formula is C16H9F3N2O4S. The van der Waals surface area contributed by atoms with E-state index in [0.29, 0.717) is 16.8 Å². The van der Waals surface area contributed by atoms with Gasteiger partial charge >= 0.3 is 12.1 Å². The van der Waals surface area contributed by atoms with Crippen molar-refractivity contribution in [2.24, 2.45) is 0 Å². The van der Waals surface area contributed by atoms with Gasteiger partial charge in [0, 0.05) is 6.20 Å². The van der Waals surface area contributed by atoms with Gasteiger partial charge in [0.1, 0.15) is 0 Å². The van der Waals surface area contributed by atoms with Gasteiger partial charge in [0.05, 0.1) is 27.5 Å². The third-order valence-electron chi connectivity index (χ3n) is 3.29. The topological polar surface area (TPSA) is 76.6 Å². The number of hydrogen-bond acceptors (Lipinski definition) is 6. The van der Waals surface area contributed by atoms with Crippen LogP contribution in [0.4, 0.5) is 13.2 Å². The molecule has 1 aromatic carbocycles. The molecule has 0 aliphatic carbocycles. The number of rotatable bonds is 4. The average Bonchev–Trinajstić information content (AvgIpc) is 2.85. The summed E-state index contributed by atoms with van der Waals surface area (Å²) in [5.74, 6) is -3.81. The Labute approximate surface area is 148 Å². The first-order valence-corrected chi connectivity index (χ1v) is 8.10. The molecule has 0 atom stereocenters. The molecule has 10 heteroatoms. The van der Waals surface area contributed by atoms with Crippen LogP contribution in [0.1, 0.15) is 31.1 Å². The van der Waals surface area contributed by atoms with Gasteiger partial charge in [-0.3, -0.25) is 9.59 Å². The summed E-state index contributed by atoms with van der Waals surface area (Å²) in [6, 6.07) is 8.25. The number of hydrogen-bond donors (Lipinski definition) is 0. The Morgan fingerprint density at radius 3 is 2.31 bits per heavy atom. The van der Waals surface area contributed by atoms with Crippen molar-refractivity contribution in [2.45, 2.75) is 11.2 Å². The van der Waals surface area contributed by atoms with Gasteiger partial charge in [-0.15, -0.1) is 0 Å². The summed E-state index contributed by atoms with van der Waals surface area (Å²) in [7, 11) is 0. The molecule has 3 rings (SSSR count). The van der Waals surface area contributed by atoms with Crippen molar-refractivity contribution in [3.63, 3.8) is 0 Å². The summed E-state index contributed by atoms with van der Waals surface area (Å²) < 4.78 is 36.8. The summed E-state index contributed by atoms with van der Waals surface area (Å²) in [6.45, 7) is 0. The fraction of sp³-hybridized carbons (Fsp3) is 0.125. The molecule has 0 unspecified atom stereocenters. The Morgan fingerprint density at radius 2 is 1.73 bits per heavy atom. The number of alkyl halides is 3. The molecule has 2 heterocycles.